The number of hydrogen-bond donors (Lipinski definition) is 0. The largest absolute Gasteiger partial charge is 0.280 e. The minimum absolute atomic E-state index is 0.0532. The fourth-order valence-corrected chi connectivity index (χ4v) is 2.78. The van der Waals surface area contributed by atoms with E-state index in [1.807, 2.05) is 30.3 Å². The molecule has 3 heteroatoms. The van der Waals surface area contributed by atoms with Crippen LogP contribution in [0.5, 0.6) is 0 Å². The normalized spacial score (nSPS) is 11.2. The number of nitrogens with zero attached hydrogens (tertiary/aromatic N) is 1. The highest BCUT2D eigenvalue weighted by Gasteiger charge is 2.12. The molecule has 0 saturated carbocycles. The molecule has 0 fully saturated rings. The molecular weight excluding hydrogens is 325 g/mol. The number of para-hydroxylation sites is 1. The summed E-state index contributed by atoms with van der Waals surface area (Å²) in [5, 5.41) is 2.28. The Morgan fingerprint density at radius 2 is 1.76 bits per heavy atom. The summed E-state index contributed by atoms with van der Waals surface area (Å²) in [7, 11) is 0. The average Bonchev–Trinajstić information content (AvgIpc) is 2.63. The fraction of sp³-hybridized carbons (Fsp3) is 0.0714. The van der Waals surface area contributed by atoms with Gasteiger partial charge in [0.25, 0.3) is 0 Å². The van der Waals surface area contributed by atoms with E-state index in [-0.39, 0.29) is 5.91 Å². The van der Waals surface area contributed by atoms with Crippen LogP contribution in [0.2, 0.25) is 0 Å². The number of carbonyl (C=O) groups excluding carboxylic acids is 1. The van der Waals surface area contributed by atoms with Crippen LogP contribution in [0.1, 0.15) is 11.7 Å². The van der Waals surface area contributed by atoms with Crippen molar-refractivity contribution < 1.29 is 4.79 Å². The molecule has 0 aliphatic carbocycles. The fourth-order valence-electron chi connectivity index (χ4n) is 2.28. The van der Waals surface area contributed by atoms with Crippen molar-refractivity contribution in [3.8, 4) is 0 Å². The van der Waals surface area contributed by atoms with Crippen LogP contribution in [0.25, 0.3) is 21.8 Å². The Morgan fingerprint density at radius 3 is 2.53 bits per heavy atom. The van der Waals surface area contributed by atoms with Gasteiger partial charge in [-0.1, -0.05) is 18.2 Å². The summed E-state index contributed by atoms with van der Waals surface area (Å²) in [4.78, 5) is 11.8. The molecule has 17 heavy (non-hydrogen) atoms. The highest BCUT2D eigenvalue weighted by atomic mass is 127. The van der Waals surface area contributed by atoms with Gasteiger partial charge in [0.05, 0.1) is 11.0 Å². The Kier molecular flexibility index (Phi) is 2.43. The van der Waals surface area contributed by atoms with Crippen LogP contribution >= 0.6 is 22.6 Å². The molecule has 1 aromatic heterocycles. The molecule has 1 heterocycles. The zero-order chi connectivity index (χ0) is 12.0. The Bertz CT molecular complexity index is 742. The molecule has 0 radical (unpaired) electrons. The molecule has 0 spiro atoms. The summed E-state index contributed by atoms with van der Waals surface area (Å²) in [5.41, 5.74) is 1.97. The first kappa shape index (κ1) is 10.8. The molecule has 0 aliphatic rings. The van der Waals surface area contributed by atoms with Gasteiger partial charge < -0.3 is 0 Å². The van der Waals surface area contributed by atoms with Crippen LogP contribution in [0.15, 0.2) is 42.5 Å². The first-order valence-corrected chi connectivity index (χ1v) is 6.46. The predicted octanol–water partition coefficient (Wildman–Crippen LogP) is 4.06. The molecule has 84 valence electrons. The first-order valence-electron chi connectivity index (χ1n) is 5.38. The predicted molar refractivity (Wildman–Crippen MR) is 78.5 cm³/mol. The van der Waals surface area contributed by atoms with Gasteiger partial charge in [-0.2, -0.15) is 0 Å². The van der Waals surface area contributed by atoms with E-state index >= 15 is 0 Å². The minimum Gasteiger partial charge on any atom is -0.280 e. The van der Waals surface area contributed by atoms with Crippen molar-refractivity contribution in [2.24, 2.45) is 0 Å². The van der Waals surface area contributed by atoms with Crippen molar-refractivity contribution in [2.75, 3.05) is 0 Å². The highest BCUT2D eigenvalue weighted by Crippen LogP contribution is 2.29. The van der Waals surface area contributed by atoms with Gasteiger partial charge in [-0.15, -0.1) is 0 Å². The number of rotatable bonds is 0. The molecule has 2 nitrogen and oxygen atoms in total. The maximum Gasteiger partial charge on any atom is 0.228 e. The maximum atomic E-state index is 11.8. The SMILES string of the molecule is CC(=O)n1c2ccccc2c2cc(I)ccc21. The molecule has 0 unspecified atom stereocenters. The van der Waals surface area contributed by atoms with Crippen LogP contribution in [-0.2, 0) is 0 Å². The van der Waals surface area contributed by atoms with Gasteiger partial charge in [0, 0.05) is 21.3 Å². The summed E-state index contributed by atoms with van der Waals surface area (Å²) in [5.74, 6) is 0.0532. The summed E-state index contributed by atoms with van der Waals surface area (Å²) >= 11 is 2.29. The van der Waals surface area contributed by atoms with Gasteiger partial charge in [-0.25, -0.2) is 0 Å². The lowest BCUT2D eigenvalue weighted by atomic mass is 10.2. The van der Waals surface area contributed by atoms with Crippen LogP contribution < -0.4 is 0 Å². The monoisotopic (exact) mass is 335 g/mol. The number of hydrogen-bond acceptors (Lipinski definition) is 1. The van der Waals surface area contributed by atoms with E-state index in [4.69, 9.17) is 0 Å². The van der Waals surface area contributed by atoms with Gasteiger partial charge in [0.1, 0.15) is 0 Å². The van der Waals surface area contributed by atoms with Crippen molar-refractivity contribution >= 4 is 50.3 Å². The van der Waals surface area contributed by atoms with Crippen LogP contribution in [0.4, 0.5) is 0 Å². The third-order valence-electron chi connectivity index (χ3n) is 2.95. The summed E-state index contributed by atoms with van der Waals surface area (Å²) < 4.78 is 2.96. The average molecular weight is 335 g/mol. The third kappa shape index (κ3) is 1.57. The number of carbonyl (C=O) groups is 1. The number of aromatic nitrogens is 1. The lowest BCUT2D eigenvalue weighted by molar-refractivity contribution is 0.0946. The first-order chi connectivity index (χ1) is 8.18. The maximum absolute atomic E-state index is 11.8. The smallest absolute Gasteiger partial charge is 0.228 e. The minimum atomic E-state index is 0.0532. The number of fused-ring (bicyclic) bond motifs is 3. The summed E-state index contributed by atoms with van der Waals surface area (Å²) in [6.45, 7) is 1.60. The van der Waals surface area contributed by atoms with Gasteiger partial charge in [-0.3, -0.25) is 9.36 Å². The van der Waals surface area contributed by atoms with Crippen molar-refractivity contribution in [1.29, 1.82) is 0 Å². The summed E-state index contributed by atoms with van der Waals surface area (Å²) in [6.07, 6.45) is 0. The van der Waals surface area contributed by atoms with E-state index in [1.54, 1.807) is 11.5 Å². The van der Waals surface area contributed by atoms with E-state index in [2.05, 4.69) is 34.7 Å². The molecule has 0 atom stereocenters. The quantitative estimate of drug-likeness (QED) is 0.568. The number of benzene rings is 2. The lowest BCUT2D eigenvalue weighted by Crippen LogP contribution is -2.04. The molecule has 0 saturated heterocycles. The topological polar surface area (TPSA) is 22.0 Å². The zero-order valence-corrected chi connectivity index (χ0v) is 11.4. The molecule has 0 bridgehead atoms. The van der Waals surface area contributed by atoms with Crippen molar-refractivity contribution in [3.63, 3.8) is 0 Å². The Balaban J connectivity index is 2.62. The van der Waals surface area contributed by atoms with Crippen LogP contribution in [-0.4, -0.2) is 10.5 Å². The van der Waals surface area contributed by atoms with E-state index in [1.165, 1.54) is 3.57 Å². The van der Waals surface area contributed by atoms with Gasteiger partial charge in [0.2, 0.25) is 5.91 Å². The Hall–Kier alpha value is -1.36. The van der Waals surface area contributed by atoms with Crippen molar-refractivity contribution in [2.45, 2.75) is 6.92 Å². The molecule has 3 rings (SSSR count). The Morgan fingerprint density at radius 1 is 1.06 bits per heavy atom. The van der Waals surface area contributed by atoms with E-state index < -0.39 is 0 Å². The third-order valence-corrected chi connectivity index (χ3v) is 3.62. The molecule has 0 N–H and O–H groups in total. The van der Waals surface area contributed by atoms with Crippen molar-refractivity contribution in [1.82, 2.24) is 4.57 Å². The lowest BCUT2D eigenvalue weighted by Gasteiger charge is -2.00. The second kappa shape index (κ2) is 3.84. The van der Waals surface area contributed by atoms with Gasteiger partial charge in [-0.05, 0) is 46.9 Å². The number of halogens is 1. The van der Waals surface area contributed by atoms with Crippen LogP contribution in [0, 0.1) is 3.57 Å². The van der Waals surface area contributed by atoms with E-state index in [9.17, 15) is 4.79 Å². The van der Waals surface area contributed by atoms with Crippen LogP contribution in [0.3, 0.4) is 0 Å². The molecule has 3 aromatic rings. The molecular formula is C14H10INO. The molecule has 0 amide bonds. The van der Waals surface area contributed by atoms with Gasteiger partial charge >= 0.3 is 0 Å². The second-order valence-corrected chi connectivity index (χ2v) is 5.28. The summed E-state index contributed by atoms with van der Waals surface area (Å²) in [6, 6.07) is 14.2. The standard InChI is InChI=1S/C14H10INO/c1-9(17)16-13-5-3-2-4-11(13)12-8-10(15)6-7-14(12)16/h2-8H,1H3. The Labute approximate surface area is 112 Å². The van der Waals surface area contributed by atoms with E-state index in [0.717, 1.165) is 21.8 Å². The van der Waals surface area contributed by atoms with Gasteiger partial charge in [0.15, 0.2) is 0 Å². The molecule has 0 aliphatic heterocycles. The van der Waals surface area contributed by atoms with Crippen molar-refractivity contribution in [3.05, 3.63) is 46.0 Å². The zero-order valence-electron chi connectivity index (χ0n) is 9.27. The highest BCUT2D eigenvalue weighted by molar-refractivity contribution is 14.1. The molecule has 2 aromatic carbocycles. The van der Waals surface area contributed by atoms with E-state index in [0.29, 0.717) is 0 Å². The second-order valence-electron chi connectivity index (χ2n) is 4.03.